The number of nitrogens with two attached hydrogens (primary N) is 1. The molecule has 1 rings (SSSR count). The fourth-order valence-corrected chi connectivity index (χ4v) is 1.08. The zero-order valence-corrected chi connectivity index (χ0v) is 6.52. The fraction of sp³-hybridized carbons (Fsp3) is 0.250. The average molecular weight is 155 g/mol. The van der Waals surface area contributed by atoms with Crippen LogP contribution in [0.3, 0.4) is 0 Å². The number of halogens is 1. The van der Waals surface area contributed by atoms with Crippen LogP contribution in [0.1, 0.15) is 11.1 Å². The third kappa shape index (κ3) is 1.49. The molecule has 2 N–H and O–H groups in total. The summed E-state index contributed by atoms with van der Waals surface area (Å²) in [6.45, 7) is 3.50. The van der Waals surface area contributed by atoms with Gasteiger partial charge in [-0.05, 0) is 37.1 Å². The zero-order chi connectivity index (χ0) is 8.43. The van der Waals surface area contributed by atoms with Gasteiger partial charge in [0.1, 0.15) is 5.82 Å². The first-order valence-electron chi connectivity index (χ1n) is 3.28. The minimum atomic E-state index is -0.263. The molecule has 0 heterocycles. The predicted molar refractivity (Wildman–Crippen MR) is 40.7 cm³/mol. The molecule has 0 aliphatic rings. The molecule has 0 aliphatic carbocycles. The van der Waals surface area contributed by atoms with Gasteiger partial charge in [0.15, 0.2) is 5.75 Å². The lowest BCUT2D eigenvalue weighted by Gasteiger charge is -2.06. The van der Waals surface area contributed by atoms with E-state index >= 15 is 0 Å². The van der Waals surface area contributed by atoms with Crippen molar-refractivity contribution in [3.63, 3.8) is 0 Å². The Morgan fingerprint density at radius 3 is 2.09 bits per heavy atom. The molecule has 1 aromatic carbocycles. The summed E-state index contributed by atoms with van der Waals surface area (Å²) in [5.41, 5.74) is 1.43. The number of aryl methyl sites for hydroxylation is 2. The van der Waals surface area contributed by atoms with E-state index in [1.54, 1.807) is 13.8 Å². The summed E-state index contributed by atoms with van der Waals surface area (Å²) in [7, 11) is 0. The predicted octanol–water partition coefficient (Wildman–Crippen LogP) is 1.70. The quantitative estimate of drug-likeness (QED) is 0.626. The van der Waals surface area contributed by atoms with Crippen molar-refractivity contribution < 1.29 is 9.23 Å². The Kier molecular flexibility index (Phi) is 2.10. The van der Waals surface area contributed by atoms with E-state index in [9.17, 15) is 4.39 Å². The van der Waals surface area contributed by atoms with E-state index in [-0.39, 0.29) is 5.82 Å². The van der Waals surface area contributed by atoms with Crippen molar-refractivity contribution in [2.75, 3.05) is 0 Å². The molecule has 2 nitrogen and oxygen atoms in total. The third-order valence-corrected chi connectivity index (χ3v) is 1.54. The highest BCUT2D eigenvalue weighted by Crippen LogP contribution is 2.22. The minimum absolute atomic E-state index is 0.263. The van der Waals surface area contributed by atoms with E-state index in [0.29, 0.717) is 16.9 Å². The van der Waals surface area contributed by atoms with Crippen LogP contribution in [-0.2, 0) is 0 Å². The van der Waals surface area contributed by atoms with Gasteiger partial charge in [0.2, 0.25) is 0 Å². The van der Waals surface area contributed by atoms with E-state index in [1.165, 1.54) is 12.1 Å². The van der Waals surface area contributed by atoms with Crippen LogP contribution < -0.4 is 10.7 Å². The van der Waals surface area contributed by atoms with Crippen molar-refractivity contribution in [3.8, 4) is 5.75 Å². The molecule has 11 heavy (non-hydrogen) atoms. The van der Waals surface area contributed by atoms with Crippen molar-refractivity contribution >= 4 is 0 Å². The van der Waals surface area contributed by atoms with Gasteiger partial charge in [-0.3, -0.25) is 0 Å². The lowest BCUT2D eigenvalue weighted by molar-refractivity contribution is 0.329. The van der Waals surface area contributed by atoms with Crippen molar-refractivity contribution in [1.29, 1.82) is 0 Å². The molecule has 0 aliphatic heterocycles. The summed E-state index contributed by atoms with van der Waals surface area (Å²) < 4.78 is 12.6. The first-order valence-corrected chi connectivity index (χ1v) is 3.28. The molecular weight excluding hydrogens is 145 g/mol. The second-order valence-electron chi connectivity index (χ2n) is 2.49. The lowest BCUT2D eigenvalue weighted by atomic mass is 10.1. The summed E-state index contributed by atoms with van der Waals surface area (Å²) >= 11 is 0. The van der Waals surface area contributed by atoms with Gasteiger partial charge in [0.05, 0.1) is 0 Å². The smallest absolute Gasteiger partial charge is 0.152 e. The molecule has 0 saturated heterocycles. The molecule has 1 aromatic rings. The summed E-state index contributed by atoms with van der Waals surface area (Å²) in [4.78, 5) is 4.56. The van der Waals surface area contributed by atoms with Crippen molar-refractivity contribution in [3.05, 3.63) is 29.1 Å². The summed E-state index contributed by atoms with van der Waals surface area (Å²) in [6.07, 6.45) is 0. The van der Waals surface area contributed by atoms with Gasteiger partial charge >= 0.3 is 0 Å². The SMILES string of the molecule is Cc1cc(F)cc(C)c1ON. The first-order chi connectivity index (χ1) is 5.15. The topological polar surface area (TPSA) is 35.2 Å². The minimum Gasteiger partial charge on any atom is -0.411 e. The molecule has 0 unspecified atom stereocenters. The van der Waals surface area contributed by atoms with Crippen LogP contribution in [0.25, 0.3) is 0 Å². The molecule has 3 heteroatoms. The van der Waals surface area contributed by atoms with Gasteiger partial charge < -0.3 is 4.84 Å². The van der Waals surface area contributed by atoms with Crippen LogP contribution >= 0.6 is 0 Å². The van der Waals surface area contributed by atoms with E-state index in [1.807, 2.05) is 0 Å². The van der Waals surface area contributed by atoms with Gasteiger partial charge in [0, 0.05) is 0 Å². The van der Waals surface area contributed by atoms with Crippen LogP contribution in [0.2, 0.25) is 0 Å². The maximum atomic E-state index is 12.6. The third-order valence-electron chi connectivity index (χ3n) is 1.54. The molecule has 0 saturated carbocycles. The average Bonchev–Trinajstić information content (AvgIpc) is 1.85. The molecule has 0 radical (unpaired) electrons. The lowest BCUT2D eigenvalue weighted by Crippen LogP contribution is -2.05. The Morgan fingerprint density at radius 1 is 1.27 bits per heavy atom. The van der Waals surface area contributed by atoms with Crippen LogP contribution in [0, 0.1) is 19.7 Å². The monoisotopic (exact) mass is 155 g/mol. The van der Waals surface area contributed by atoms with Gasteiger partial charge in [-0.15, -0.1) is 0 Å². The number of hydrogen-bond acceptors (Lipinski definition) is 2. The van der Waals surface area contributed by atoms with Crippen molar-refractivity contribution in [2.45, 2.75) is 13.8 Å². The van der Waals surface area contributed by atoms with Crippen LogP contribution in [0.4, 0.5) is 4.39 Å². The molecule has 0 amide bonds. The van der Waals surface area contributed by atoms with E-state index in [0.717, 1.165) is 0 Å². The fourth-order valence-electron chi connectivity index (χ4n) is 1.08. The zero-order valence-electron chi connectivity index (χ0n) is 6.52. The van der Waals surface area contributed by atoms with Gasteiger partial charge in [-0.2, -0.15) is 5.90 Å². The second-order valence-corrected chi connectivity index (χ2v) is 2.49. The molecule has 0 fully saturated rings. The van der Waals surface area contributed by atoms with Gasteiger partial charge in [-0.1, -0.05) is 0 Å². The van der Waals surface area contributed by atoms with Gasteiger partial charge in [-0.25, -0.2) is 4.39 Å². The molecule has 0 bridgehead atoms. The summed E-state index contributed by atoms with van der Waals surface area (Å²) in [5.74, 6) is 5.26. The molecule has 60 valence electrons. The first kappa shape index (κ1) is 8.01. The normalized spacial score (nSPS) is 9.82. The molecule has 0 aromatic heterocycles. The Balaban J connectivity index is 3.25. The Bertz CT molecular complexity index is 250. The Morgan fingerprint density at radius 2 is 1.73 bits per heavy atom. The molecular formula is C8H10FNO. The highest BCUT2D eigenvalue weighted by atomic mass is 19.1. The maximum Gasteiger partial charge on any atom is 0.152 e. The van der Waals surface area contributed by atoms with Crippen molar-refractivity contribution in [1.82, 2.24) is 0 Å². The summed E-state index contributed by atoms with van der Waals surface area (Å²) in [6, 6.07) is 2.77. The molecule has 0 spiro atoms. The van der Waals surface area contributed by atoms with Crippen LogP contribution in [0.15, 0.2) is 12.1 Å². The number of hydrogen-bond donors (Lipinski definition) is 1. The largest absolute Gasteiger partial charge is 0.411 e. The Labute approximate surface area is 64.7 Å². The maximum absolute atomic E-state index is 12.6. The van der Waals surface area contributed by atoms with Crippen LogP contribution in [-0.4, -0.2) is 0 Å². The second kappa shape index (κ2) is 2.88. The highest BCUT2D eigenvalue weighted by molar-refractivity contribution is 5.39. The van der Waals surface area contributed by atoms with E-state index in [2.05, 4.69) is 4.84 Å². The van der Waals surface area contributed by atoms with Gasteiger partial charge in [0.25, 0.3) is 0 Å². The highest BCUT2D eigenvalue weighted by Gasteiger charge is 2.04. The van der Waals surface area contributed by atoms with E-state index in [4.69, 9.17) is 5.90 Å². The Hall–Kier alpha value is -1.09. The number of benzene rings is 1. The number of rotatable bonds is 1. The van der Waals surface area contributed by atoms with E-state index < -0.39 is 0 Å². The molecule has 0 atom stereocenters. The van der Waals surface area contributed by atoms with Crippen LogP contribution in [0.5, 0.6) is 5.75 Å². The standard InChI is InChI=1S/C8H10FNO/c1-5-3-7(9)4-6(2)8(5)11-10/h3-4H,10H2,1-2H3. The van der Waals surface area contributed by atoms with Crippen molar-refractivity contribution in [2.24, 2.45) is 5.90 Å². The summed E-state index contributed by atoms with van der Waals surface area (Å²) in [5, 5.41) is 0.